The van der Waals surface area contributed by atoms with Crippen LogP contribution in [0.25, 0.3) is 0 Å². The van der Waals surface area contributed by atoms with E-state index in [1.54, 1.807) is 0 Å². The Kier molecular flexibility index (Phi) is 5.59. The normalized spacial score (nSPS) is 10.5. The van der Waals surface area contributed by atoms with Gasteiger partial charge in [0, 0.05) is 17.7 Å². The molecule has 0 atom stereocenters. The van der Waals surface area contributed by atoms with Gasteiger partial charge < -0.3 is 15.8 Å². The van der Waals surface area contributed by atoms with Crippen molar-refractivity contribution >= 4 is 5.91 Å². The first-order valence-corrected chi connectivity index (χ1v) is 5.51. The maximum Gasteiger partial charge on any atom is 0.248 e. The molecule has 4 nitrogen and oxygen atoms in total. The van der Waals surface area contributed by atoms with Crippen LogP contribution >= 0.6 is 0 Å². The van der Waals surface area contributed by atoms with E-state index in [9.17, 15) is 9.18 Å². The summed E-state index contributed by atoms with van der Waals surface area (Å²) in [5, 5.41) is 3.09. The zero-order chi connectivity index (χ0) is 12.7. The summed E-state index contributed by atoms with van der Waals surface area (Å²) >= 11 is 0. The Bertz CT molecular complexity index is 383. The number of hydrogen-bond donors (Lipinski definition) is 2. The van der Waals surface area contributed by atoms with Gasteiger partial charge in [0.1, 0.15) is 5.82 Å². The first kappa shape index (κ1) is 13.6. The number of amides is 1. The van der Waals surface area contributed by atoms with Gasteiger partial charge in [0.05, 0.1) is 13.2 Å². The van der Waals surface area contributed by atoms with Crippen molar-refractivity contribution in [1.29, 1.82) is 0 Å². The molecular weight excluding hydrogens is 223 g/mol. The van der Waals surface area contributed by atoms with Gasteiger partial charge in [-0.1, -0.05) is 13.0 Å². The zero-order valence-corrected chi connectivity index (χ0v) is 9.83. The van der Waals surface area contributed by atoms with Gasteiger partial charge in [-0.3, -0.25) is 4.79 Å². The van der Waals surface area contributed by atoms with Crippen molar-refractivity contribution in [3.8, 4) is 0 Å². The van der Waals surface area contributed by atoms with Crippen molar-refractivity contribution in [1.82, 2.24) is 5.32 Å². The molecule has 1 aromatic rings. The third-order valence-electron chi connectivity index (χ3n) is 2.27. The third-order valence-corrected chi connectivity index (χ3v) is 2.27. The second-order valence-corrected chi connectivity index (χ2v) is 3.58. The summed E-state index contributed by atoms with van der Waals surface area (Å²) in [4.78, 5) is 10.8. The topological polar surface area (TPSA) is 64.3 Å². The molecule has 1 aromatic carbocycles. The molecule has 0 saturated carbocycles. The molecule has 0 saturated heterocycles. The number of carbonyl (C=O) groups is 1. The van der Waals surface area contributed by atoms with Gasteiger partial charge in [-0.25, -0.2) is 4.39 Å². The van der Waals surface area contributed by atoms with Gasteiger partial charge in [0.25, 0.3) is 0 Å². The first-order valence-electron chi connectivity index (χ1n) is 5.51. The number of hydrogen-bond acceptors (Lipinski definition) is 3. The van der Waals surface area contributed by atoms with E-state index in [-0.39, 0.29) is 12.2 Å². The van der Waals surface area contributed by atoms with Crippen molar-refractivity contribution in [2.24, 2.45) is 5.73 Å². The summed E-state index contributed by atoms with van der Waals surface area (Å²) in [5.41, 5.74) is 5.63. The second-order valence-electron chi connectivity index (χ2n) is 3.58. The highest BCUT2D eigenvalue weighted by molar-refractivity contribution is 5.92. The zero-order valence-electron chi connectivity index (χ0n) is 9.83. The van der Waals surface area contributed by atoms with Crippen LogP contribution in [0.1, 0.15) is 22.8 Å². The third kappa shape index (κ3) is 4.50. The van der Waals surface area contributed by atoms with Crippen LogP contribution in [0, 0.1) is 5.82 Å². The standard InChI is InChI=1S/C12H17FN2O2/c1-2-15-5-6-17-8-10-4-3-9(12(14)16)7-11(10)13/h3-4,7,15H,2,5-6,8H2,1H3,(H2,14,16). The van der Waals surface area contributed by atoms with Crippen LogP contribution in [0.15, 0.2) is 18.2 Å². The maximum atomic E-state index is 13.5. The molecule has 1 amide bonds. The SMILES string of the molecule is CCNCCOCc1ccc(C(N)=O)cc1F. The van der Waals surface area contributed by atoms with E-state index >= 15 is 0 Å². The fraction of sp³-hybridized carbons (Fsp3) is 0.417. The lowest BCUT2D eigenvalue weighted by Crippen LogP contribution is -2.19. The van der Waals surface area contributed by atoms with E-state index in [1.807, 2.05) is 6.92 Å². The number of nitrogens with one attached hydrogen (secondary N) is 1. The Hall–Kier alpha value is -1.46. The summed E-state index contributed by atoms with van der Waals surface area (Å²) in [6, 6.07) is 4.14. The number of nitrogens with two attached hydrogens (primary N) is 1. The number of rotatable bonds is 7. The second kappa shape index (κ2) is 6.98. The minimum absolute atomic E-state index is 0.166. The lowest BCUT2D eigenvalue weighted by Gasteiger charge is -2.06. The lowest BCUT2D eigenvalue weighted by molar-refractivity contribution is 0.0999. The van der Waals surface area contributed by atoms with Crippen LogP contribution in [0.4, 0.5) is 4.39 Å². The van der Waals surface area contributed by atoms with E-state index < -0.39 is 11.7 Å². The van der Waals surface area contributed by atoms with Crippen LogP contribution < -0.4 is 11.1 Å². The molecule has 0 aliphatic rings. The van der Waals surface area contributed by atoms with Crippen LogP contribution in [0.2, 0.25) is 0 Å². The van der Waals surface area contributed by atoms with Crippen molar-refractivity contribution in [2.75, 3.05) is 19.7 Å². The van der Waals surface area contributed by atoms with Crippen molar-refractivity contribution in [2.45, 2.75) is 13.5 Å². The van der Waals surface area contributed by atoms with E-state index in [4.69, 9.17) is 10.5 Å². The largest absolute Gasteiger partial charge is 0.375 e. The minimum atomic E-state index is -0.636. The van der Waals surface area contributed by atoms with Crippen LogP contribution in [0.3, 0.4) is 0 Å². The molecule has 0 spiro atoms. The van der Waals surface area contributed by atoms with Crippen LogP contribution in [-0.2, 0) is 11.3 Å². The van der Waals surface area contributed by atoms with E-state index in [0.29, 0.717) is 12.2 Å². The molecule has 1 rings (SSSR count). The highest BCUT2D eigenvalue weighted by atomic mass is 19.1. The number of benzene rings is 1. The fourth-order valence-corrected chi connectivity index (χ4v) is 1.32. The van der Waals surface area contributed by atoms with Gasteiger partial charge in [0.15, 0.2) is 0 Å². The van der Waals surface area contributed by atoms with E-state index in [1.165, 1.54) is 12.1 Å². The predicted molar refractivity (Wildman–Crippen MR) is 63.1 cm³/mol. The maximum absolute atomic E-state index is 13.5. The molecule has 0 radical (unpaired) electrons. The summed E-state index contributed by atoms with van der Waals surface area (Å²) < 4.78 is 18.8. The fourth-order valence-electron chi connectivity index (χ4n) is 1.32. The van der Waals surface area contributed by atoms with E-state index in [2.05, 4.69) is 5.32 Å². The first-order chi connectivity index (χ1) is 8.15. The van der Waals surface area contributed by atoms with Crippen LogP contribution in [-0.4, -0.2) is 25.6 Å². The number of carbonyl (C=O) groups excluding carboxylic acids is 1. The minimum Gasteiger partial charge on any atom is -0.375 e. The summed E-state index contributed by atoms with van der Waals surface area (Å²) in [6.07, 6.45) is 0. The molecule has 0 fully saturated rings. The average molecular weight is 240 g/mol. The molecule has 94 valence electrons. The lowest BCUT2D eigenvalue weighted by atomic mass is 10.1. The Morgan fingerprint density at radius 2 is 2.29 bits per heavy atom. The molecule has 0 aliphatic carbocycles. The number of ether oxygens (including phenoxy) is 1. The summed E-state index contributed by atoms with van der Waals surface area (Å²) in [6.45, 7) is 4.33. The molecule has 0 bridgehead atoms. The van der Waals surface area contributed by atoms with Crippen molar-refractivity contribution in [3.63, 3.8) is 0 Å². The van der Waals surface area contributed by atoms with Crippen molar-refractivity contribution in [3.05, 3.63) is 35.1 Å². The van der Waals surface area contributed by atoms with Gasteiger partial charge >= 0.3 is 0 Å². The molecule has 0 aromatic heterocycles. The molecular formula is C12H17FN2O2. The Morgan fingerprint density at radius 3 is 2.88 bits per heavy atom. The summed E-state index contributed by atoms with van der Waals surface area (Å²) in [5.74, 6) is -1.10. The monoisotopic (exact) mass is 240 g/mol. The molecule has 0 aliphatic heterocycles. The number of likely N-dealkylation sites (N-methyl/N-ethyl adjacent to an activating group) is 1. The predicted octanol–water partition coefficient (Wildman–Crippen LogP) is 1.05. The van der Waals surface area contributed by atoms with Gasteiger partial charge in [-0.2, -0.15) is 0 Å². The number of halogens is 1. The molecule has 0 unspecified atom stereocenters. The quantitative estimate of drug-likeness (QED) is 0.700. The Balaban J connectivity index is 2.46. The van der Waals surface area contributed by atoms with Crippen molar-refractivity contribution < 1.29 is 13.9 Å². The molecule has 5 heteroatoms. The highest BCUT2D eigenvalue weighted by Gasteiger charge is 2.06. The Morgan fingerprint density at radius 1 is 1.53 bits per heavy atom. The molecule has 17 heavy (non-hydrogen) atoms. The average Bonchev–Trinajstić information content (AvgIpc) is 2.30. The smallest absolute Gasteiger partial charge is 0.248 e. The van der Waals surface area contributed by atoms with Crippen LogP contribution in [0.5, 0.6) is 0 Å². The molecule has 0 heterocycles. The summed E-state index contributed by atoms with van der Waals surface area (Å²) in [7, 11) is 0. The van der Waals surface area contributed by atoms with E-state index in [0.717, 1.165) is 19.2 Å². The van der Waals surface area contributed by atoms with Gasteiger partial charge in [-0.15, -0.1) is 0 Å². The van der Waals surface area contributed by atoms with Gasteiger partial charge in [-0.05, 0) is 18.7 Å². The molecule has 3 N–H and O–H groups in total. The number of primary amides is 1. The Labute approximate surface area is 100.0 Å². The van der Waals surface area contributed by atoms with Gasteiger partial charge in [0.2, 0.25) is 5.91 Å². The highest BCUT2D eigenvalue weighted by Crippen LogP contribution is 2.11.